The highest BCUT2D eigenvalue weighted by atomic mass is 127. The number of rotatable bonds is 3. The first kappa shape index (κ1) is 13.6. The first-order valence-electron chi connectivity index (χ1n) is 6.32. The Morgan fingerprint density at radius 3 is 2.83 bits per heavy atom. The monoisotopic (exact) mass is 352 g/mol. The summed E-state index contributed by atoms with van der Waals surface area (Å²) in [5.74, 6) is 2.57. The zero-order valence-corrected chi connectivity index (χ0v) is 12.5. The van der Waals surface area contributed by atoms with Gasteiger partial charge in [0, 0.05) is 3.58 Å². The van der Waals surface area contributed by atoms with Gasteiger partial charge in [0.1, 0.15) is 6.61 Å². The van der Waals surface area contributed by atoms with Crippen molar-refractivity contribution in [2.75, 3.05) is 6.61 Å². The number of hydrogen-bond donors (Lipinski definition) is 0. The lowest BCUT2D eigenvalue weighted by Crippen LogP contribution is -2.20. The van der Waals surface area contributed by atoms with Crippen molar-refractivity contribution in [3.05, 3.63) is 41.5 Å². The molecular weight excluding hydrogens is 335 g/mol. The Labute approximate surface area is 123 Å². The maximum absolute atomic E-state index is 5.79. The standard InChI is InChI=1S/C16H17IO/c1-2-12-18-15-11-7-6-10-14(15)16(17)13-8-4-3-5-9-13/h1,3-5,8-9,15H,6-7,10-12H2/b16-14-. The molecule has 0 amide bonds. The highest BCUT2D eigenvalue weighted by Gasteiger charge is 2.22. The average molecular weight is 352 g/mol. The summed E-state index contributed by atoms with van der Waals surface area (Å²) in [6, 6.07) is 10.5. The maximum Gasteiger partial charge on any atom is 0.108 e. The summed E-state index contributed by atoms with van der Waals surface area (Å²) < 4.78 is 7.12. The van der Waals surface area contributed by atoms with Gasteiger partial charge < -0.3 is 4.74 Å². The van der Waals surface area contributed by atoms with Crippen LogP contribution < -0.4 is 0 Å². The second-order valence-corrected chi connectivity index (χ2v) is 5.53. The summed E-state index contributed by atoms with van der Waals surface area (Å²) >= 11 is 2.44. The fourth-order valence-corrected chi connectivity index (χ4v) is 3.31. The molecule has 1 atom stereocenters. The number of terminal acetylenes is 1. The number of benzene rings is 1. The van der Waals surface area contributed by atoms with Crippen molar-refractivity contribution in [2.45, 2.75) is 31.8 Å². The minimum Gasteiger partial charge on any atom is -0.361 e. The smallest absolute Gasteiger partial charge is 0.108 e. The van der Waals surface area contributed by atoms with E-state index in [-0.39, 0.29) is 6.10 Å². The van der Waals surface area contributed by atoms with Gasteiger partial charge in [-0.1, -0.05) is 42.7 Å². The molecule has 0 aliphatic heterocycles. The van der Waals surface area contributed by atoms with Crippen LogP contribution in [-0.4, -0.2) is 12.7 Å². The Bertz CT molecular complexity index is 456. The van der Waals surface area contributed by atoms with Crippen LogP contribution in [0.5, 0.6) is 0 Å². The lowest BCUT2D eigenvalue weighted by atomic mass is 9.90. The lowest BCUT2D eigenvalue weighted by Gasteiger charge is -2.26. The molecule has 1 saturated carbocycles. The summed E-state index contributed by atoms with van der Waals surface area (Å²) in [5.41, 5.74) is 2.70. The summed E-state index contributed by atoms with van der Waals surface area (Å²) in [7, 11) is 0. The fourth-order valence-electron chi connectivity index (χ4n) is 2.33. The van der Waals surface area contributed by atoms with Gasteiger partial charge in [0.25, 0.3) is 0 Å². The quantitative estimate of drug-likeness (QED) is 0.578. The highest BCUT2D eigenvalue weighted by Crippen LogP contribution is 2.36. The van der Waals surface area contributed by atoms with E-state index in [4.69, 9.17) is 11.2 Å². The van der Waals surface area contributed by atoms with Gasteiger partial charge in [0.2, 0.25) is 0 Å². The van der Waals surface area contributed by atoms with E-state index in [2.05, 4.69) is 52.8 Å². The largest absolute Gasteiger partial charge is 0.361 e. The van der Waals surface area contributed by atoms with Crippen LogP contribution in [0.3, 0.4) is 0 Å². The van der Waals surface area contributed by atoms with E-state index in [9.17, 15) is 0 Å². The minimum atomic E-state index is 0.210. The maximum atomic E-state index is 5.79. The molecule has 0 aromatic heterocycles. The van der Waals surface area contributed by atoms with Crippen molar-refractivity contribution in [1.82, 2.24) is 0 Å². The third kappa shape index (κ3) is 3.37. The second kappa shape index (κ2) is 6.96. The molecule has 0 bridgehead atoms. The van der Waals surface area contributed by atoms with Gasteiger partial charge in [-0.3, -0.25) is 0 Å². The van der Waals surface area contributed by atoms with Crippen LogP contribution in [0.15, 0.2) is 35.9 Å². The predicted molar refractivity (Wildman–Crippen MR) is 84.4 cm³/mol. The SMILES string of the molecule is C#CCOC1CCCC/C1=C(/I)c1ccccc1. The van der Waals surface area contributed by atoms with E-state index in [1.54, 1.807) is 0 Å². The summed E-state index contributed by atoms with van der Waals surface area (Å²) in [4.78, 5) is 0. The van der Waals surface area contributed by atoms with Crippen molar-refractivity contribution in [2.24, 2.45) is 0 Å². The van der Waals surface area contributed by atoms with Gasteiger partial charge in [0.15, 0.2) is 0 Å². The van der Waals surface area contributed by atoms with Crippen LogP contribution in [0.25, 0.3) is 3.58 Å². The summed E-state index contributed by atoms with van der Waals surface area (Å²) in [6.07, 6.45) is 10.2. The van der Waals surface area contributed by atoms with E-state index >= 15 is 0 Å². The lowest BCUT2D eigenvalue weighted by molar-refractivity contribution is 0.0860. The molecule has 1 aliphatic carbocycles. The van der Waals surface area contributed by atoms with Crippen molar-refractivity contribution < 1.29 is 4.74 Å². The van der Waals surface area contributed by atoms with Crippen molar-refractivity contribution in [3.8, 4) is 12.3 Å². The molecule has 2 rings (SSSR count). The van der Waals surface area contributed by atoms with E-state index in [1.807, 2.05) is 6.07 Å². The van der Waals surface area contributed by atoms with Crippen LogP contribution >= 0.6 is 22.6 Å². The molecule has 0 spiro atoms. The van der Waals surface area contributed by atoms with E-state index in [0.29, 0.717) is 6.61 Å². The molecule has 1 aromatic carbocycles. The second-order valence-electron chi connectivity index (χ2n) is 4.45. The Morgan fingerprint density at radius 2 is 2.11 bits per heavy atom. The van der Waals surface area contributed by atoms with Crippen molar-refractivity contribution >= 4 is 26.2 Å². The third-order valence-corrected chi connectivity index (χ3v) is 4.54. The van der Waals surface area contributed by atoms with Crippen LogP contribution in [0.2, 0.25) is 0 Å². The number of hydrogen-bond acceptors (Lipinski definition) is 1. The molecule has 1 nitrogen and oxygen atoms in total. The topological polar surface area (TPSA) is 9.23 Å². The molecule has 1 aliphatic rings. The van der Waals surface area contributed by atoms with E-state index in [1.165, 1.54) is 27.6 Å². The molecule has 0 N–H and O–H groups in total. The summed E-state index contributed by atoms with van der Waals surface area (Å²) in [6.45, 7) is 0.410. The molecular formula is C16H17IO. The molecule has 94 valence electrons. The normalized spacial score (nSPS) is 22.3. The van der Waals surface area contributed by atoms with Gasteiger partial charge >= 0.3 is 0 Å². The first-order valence-corrected chi connectivity index (χ1v) is 7.40. The van der Waals surface area contributed by atoms with Gasteiger partial charge in [-0.2, -0.15) is 0 Å². The van der Waals surface area contributed by atoms with Crippen LogP contribution in [-0.2, 0) is 4.74 Å². The zero-order chi connectivity index (χ0) is 12.8. The number of halogens is 1. The Kier molecular flexibility index (Phi) is 5.27. The Balaban J connectivity index is 2.24. The minimum absolute atomic E-state index is 0.210. The molecule has 18 heavy (non-hydrogen) atoms. The van der Waals surface area contributed by atoms with Crippen LogP contribution in [0.1, 0.15) is 31.2 Å². The van der Waals surface area contributed by atoms with Crippen molar-refractivity contribution in [1.29, 1.82) is 0 Å². The third-order valence-electron chi connectivity index (χ3n) is 3.23. The van der Waals surface area contributed by atoms with Gasteiger partial charge in [0.05, 0.1) is 6.10 Å². The van der Waals surface area contributed by atoms with E-state index < -0.39 is 0 Å². The van der Waals surface area contributed by atoms with Gasteiger partial charge in [-0.15, -0.1) is 6.42 Å². The van der Waals surface area contributed by atoms with Crippen LogP contribution in [0, 0.1) is 12.3 Å². The molecule has 2 heteroatoms. The Hall–Kier alpha value is -0.790. The molecule has 0 heterocycles. The van der Waals surface area contributed by atoms with Gasteiger partial charge in [-0.05, 0) is 53.0 Å². The molecule has 1 aromatic rings. The van der Waals surface area contributed by atoms with Crippen molar-refractivity contribution in [3.63, 3.8) is 0 Å². The average Bonchev–Trinajstić information content (AvgIpc) is 2.45. The number of ether oxygens (including phenoxy) is 1. The Morgan fingerprint density at radius 1 is 1.33 bits per heavy atom. The molecule has 1 unspecified atom stereocenters. The van der Waals surface area contributed by atoms with Gasteiger partial charge in [-0.25, -0.2) is 0 Å². The predicted octanol–water partition coefficient (Wildman–Crippen LogP) is 4.43. The first-order chi connectivity index (χ1) is 8.83. The zero-order valence-electron chi connectivity index (χ0n) is 10.4. The molecule has 0 radical (unpaired) electrons. The van der Waals surface area contributed by atoms with E-state index in [0.717, 1.165) is 12.8 Å². The fraction of sp³-hybridized carbons (Fsp3) is 0.375. The summed E-state index contributed by atoms with van der Waals surface area (Å²) in [5, 5.41) is 0. The molecule has 1 fully saturated rings. The van der Waals surface area contributed by atoms with Crippen LogP contribution in [0.4, 0.5) is 0 Å². The molecule has 0 saturated heterocycles. The highest BCUT2D eigenvalue weighted by molar-refractivity contribution is 14.1.